The molecule has 0 amide bonds. The summed E-state index contributed by atoms with van der Waals surface area (Å²) in [5.74, 6) is -0.602. The number of ketones is 1. The maximum absolute atomic E-state index is 12.4. The summed E-state index contributed by atoms with van der Waals surface area (Å²) in [5, 5.41) is 48.9. The zero-order chi connectivity index (χ0) is 20.3. The molecule has 0 unspecified atom stereocenters. The summed E-state index contributed by atoms with van der Waals surface area (Å²) in [6.45, 7) is -0.586. The zero-order valence-corrected chi connectivity index (χ0v) is 14.8. The number of phenols is 1. The molecule has 0 bridgehead atoms. The molecule has 1 aromatic heterocycles. The van der Waals surface area contributed by atoms with Crippen molar-refractivity contribution in [1.29, 1.82) is 0 Å². The van der Waals surface area contributed by atoms with E-state index in [1.807, 2.05) is 0 Å². The lowest BCUT2D eigenvalue weighted by Gasteiger charge is -2.39. The topological polar surface area (TPSA) is 150 Å². The molecule has 9 heteroatoms. The van der Waals surface area contributed by atoms with E-state index in [1.54, 1.807) is 24.4 Å². The number of phenolic OH excluding ortho intramolecular Hbond substituents is 1. The van der Waals surface area contributed by atoms with Crippen LogP contribution >= 0.6 is 0 Å². The third-order valence-electron chi connectivity index (χ3n) is 4.44. The highest BCUT2D eigenvalue weighted by Crippen LogP contribution is 2.28. The molecule has 28 heavy (non-hydrogen) atoms. The number of ether oxygens (including phenoxy) is 2. The van der Waals surface area contributed by atoms with Gasteiger partial charge in [-0.2, -0.15) is 0 Å². The number of carbonyl (C=O) groups is 1. The van der Waals surface area contributed by atoms with E-state index < -0.39 is 37.3 Å². The van der Waals surface area contributed by atoms with Crippen LogP contribution in [0.4, 0.5) is 0 Å². The number of aliphatic hydroxyl groups is 4. The Morgan fingerprint density at radius 2 is 1.89 bits per heavy atom. The Morgan fingerprint density at radius 3 is 2.54 bits per heavy atom. The first-order chi connectivity index (χ1) is 13.4. The molecule has 1 aliphatic rings. The van der Waals surface area contributed by atoms with Gasteiger partial charge in [0, 0.05) is 18.0 Å². The van der Waals surface area contributed by atoms with Gasteiger partial charge in [-0.3, -0.25) is 9.78 Å². The minimum Gasteiger partial charge on any atom is -0.507 e. The number of aliphatic hydroxyl groups excluding tert-OH is 4. The average Bonchev–Trinajstić information content (AvgIpc) is 2.69. The first-order valence-corrected chi connectivity index (χ1v) is 8.64. The fourth-order valence-electron chi connectivity index (χ4n) is 2.88. The van der Waals surface area contributed by atoms with Crippen molar-refractivity contribution in [3.05, 3.63) is 53.9 Å². The van der Waals surface area contributed by atoms with E-state index >= 15 is 0 Å². The van der Waals surface area contributed by atoms with Gasteiger partial charge >= 0.3 is 0 Å². The monoisotopic (exact) mass is 391 g/mol. The highest BCUT2D eigenvalue weighted by Gasteiger charge is 2.44. The lowest BCUT2D eigenvalue weighted by atomic mass is 9.99. The van der Waals surface area contributed by atoms with Crippen LogP contribution in [-0.4, -0.2) is 73.6 Å². The predicted molar refractivity (Wildman–Crippen MR) is 94.8 cm³/mol. The quantitative estimate of drug-likeness (QED) is 0.406. The van der Waals surface area contributed by atoms with Gasteiger partial charge in [-0.1, -0.05) is 6.07 Å². The molecule has 150 valence electrons. The van der Waals surface area contributed by atoms with Crippen LogP contribution in [0.2, 0.25) is 0 Å². The van der Waals surface area contributed by atoms with E-state index in [-0.39, 0.29) is 29.3 Å². The maximum atomic E-state index is 12.4. The zero-order valence-electron chi connectivity index (χ0n) is 14.8. The van der Waals surface area contributed by atoms with Crippen LogP contribution in [0.3, 0.4) is 0 Å². The fourth-order valence-corrected chi connectivity index (χ4v) is 2.88. The van der Waals surface area contributed by atoms with Gasteiger partial charge in [-0.05, 0) is 24.3 Å². The molecule has 2 heterocycles. The largest absolute Gasteiger partial charge is 0.507 e. The second kappa shape index (κ2) is 8.63. The lowest BCUT2D eigenvalue weighted by Crippen LogP contribution is -2.60. The van der Waals surface area contributed by atoms with Gasteiger partial charge in [0.15, 0.2) is 5.78 Å². The highest BCUT2D eigenvalue weighted by atomic mass is 16.7. The first-order valence-electron chi connectivity index (χ1n) is 8.64. The molecule has 0 spiro atoms. The Balaban J connectivity index is 1.71. The summed E-state index contributed by atoms with van der Waals surface area (Å²) in [7, 11) is 0. The van der Waals surface area contributed by atoms with Crippen LogP contribution < -0.4 is 4.74 Å². The summed E-state index contributed by atoms with van der Waals surface area (Å²) in [6, 6.07) is 9.12. The maximum Gasteiger partial charge on any atom is 0.229 e. The molecule has 1 aromatic carbocycles. The van der Waals surface area contributed by atoms with E-state index in [4.69, 9.17) is 9.47 Å². The number of aromatic hydroxyl groups is 1. The molecular formula is C19H21NO8. The Bertz CT molecular complexity index is 813. The van der Waals surface area contributed by atoms with Gasteiger partial charge in [0.05, 0.1) is 18.6 Å². The second-order valence-electron chi connectivity index (χ2n) is 6.42. The number of pyridine rings is 1. The summed E-state index contributed by atoms with van der Waals surface area (Å²) in [6.07, 6.45) is -5.57. The molecule has 9 nitrogen and oxygen atoms in total. The normalized spacial score (nSPS) is 27.4. The van der Waals surface area contributed by atoms with E-state index in [0.29, 0.717) is 5.69 Å². The van der Waals surface area contributed by atoms with Crippen molar-refractivity contribution in [2.75, 3.05) is 6.61 Å². The minimum atomic E-state index is -1.58. The molecule has 0 radical (unpaired) electrons. The summed E-state index contributed by atoms with van der Waals surface area (Å²) in [4.78, 5) is 16.4. The second-order valence-corrected chi connectivity index (χ2v) is 6.42. The van der Waals surface area contributed by atoms with Crippen molar-refractivity contribution >= 4 is 5.78 Å². The standard InChI is InChI=1S/C19H21NO8/c21-9-15-16(24)17(25)18(26)19(28-15)27-11-4-5-12(14(23)8-11)13(22)7-10-3-1-2-6-20-10/h1-6,8,15-19,21,23-26H,7,9H2/t15-,16+,17+,18-,19+/m0/s1. The lowest BCUT2D eigenvalue weighted by molar-refractivity contribution is -0.277. The van der Waals surface area contributed by atoms with Crippen molar-refractivity contribution in [1.82, 2.24) is 4.98 Å². The molecule has 0 aliphatic carbocycles. The van der Waals surface area contributed by atoms with Gasteiger partial charge in [0.2, 0.25) is 6.29 Å². The summed E-state index contributed by atoms with van der Waals surface area (Å²) < 4.78 is 10.7. The van der Waals surface area contributed by atoms with Gasteiger partial charge in [-0.25, -0.2) is 0 Å². The molecule has 1 aliphatic heterocycles. The van der Waals surface area contributed by atoms with Gasteiger partial charge < -0.3 is 35.0 Å². The number of benzene rings is 1. The molecule has 2 aromatic rings. The molecule has 1 fully saturated rings. The van der Waals surface area contributed by atoms with Crippen LogP contribution in [-0.2, 0) is 11.2 Å². The Kier molecular flexibility index (Phi) is 6.22. The van der Waals surface area contributed by atoms with Crippen LogP contribution in [0.5, 0.6) is 11.5 Å². The fraction of sp³-hybridized carbons (Fsp3) is 0.368. The average molecular weight is 391 g/mol. The number of carbonyl (C=O) groups excluding carboxylic acids is 1. The Labute approximate surface area is 160 Å². The third kappa shape index (κ3) is 4.29. The molecule has 0 saturated carbocycles. The van der Waals surface area contributed by atoms with Gasteiger partial charge in [0.1, 0.15) is 35.9 Å². The van der Waals surface area contributed by atoms with Crippen molar-refractivity contribution in [2.45, 2.75) is 37.1 Å². The number of rotatable bonds is 6. The number of nitrogens with zero attached hydrogens (tertiary/aromatic N) is 1. The molecule has 1 saturated heterocycles. The van der Waals surface area contributed by atoms with Gasteiger partial charge in [0.25, 0.3) is 0 Å². The number of hydrogen-bond donors (Lipinski definition) is 5. The van der Waals surface area contributed by atoms with E-state index in [1.165, 1.54) is 18.2 Å². The van der Waals surface area contributed by atoms with Crippen LogP contribution in [0.15, 0.2) is 42.6 Å². The van der Waals surface area contributed by atoms with E-state index in [0.717, 1.165) is 0 Å². The van der Waals surface area contributed by atoms with Crippen molar-refractivity contribution in [3.63, 3.8) is 0 Å². The minimum absolute atomic E-state index is 0.0152. The van der Waals surface area contributed by atoms with Crippen molar-refractivity contribution in [2.24, 2.45) is 0 Å². The van der Waals surface area contributed by atoms with Crippen LogP contribution in [0, 0.1) is 0 Å². The smallest absolute Gasteiger partial charge is 0.229 e. The third-order valence-corrected chi connectivity index (χ3v) is 4.44. The van der Waals surface area contributed by atoms with E-state index in [2.05, 4.69) is 4.98 Å². The first kappa shape index (κ1) is 20.2. The van der Waals surface area contributed by atoms with Crippen LogP contribution in [0.1, 0.15) is 16.1 Å². The van der Waals surface area contributed by atoms with Crippen molar-refractivity contribution < 1.29 is 39.8 Å². The molecule has 5 N–H and O–H groups in total. The molecular weight excluding hydrogens is 370 g/mol. The highest BCUT2D eigenvalue weighted by molar-refractivity contribution is 5.99. The van der Waals surface area contributed by atoms with E-state index in [9.17, 15) is 30.3 Å². The Morgan fingerprint density at radius 1 is 1.11 bits per heavy atom. The number of Topliss-reactive ketones (excluding diaryl/α,β-unsaturated/α-hetero) is 1. The van der Waals surface area contributed by atoms with Gasteiger partial charge in [-0.15, -0.1) is 0 Å². The van der Waals surface area contributed by atoms with Crippen molar-refractivity contribution in [3.8, 4) is 11.5 Å². The SMILES string of the molecule is O=C(Cc1ccccn1)c1ccc(O[C@@H]2O[C@@H](CO)[C@@H](O)[C@@H](O)[C@@H]2O)cc1O. The summed E-state index contributed by atoms with van der Waals surface area (Å²) in [5.41, 5.74) is 0.639. The number of hydrogen-bond acceptors (Lipinski definition) is 9. The Hall–Kier alpha value is -2.56. The molecule has 3 rings (SSSR count). The van der Waals surface area contributed by atoms with Crippen LogP contribution in [0.25, 0.3) is 0 Å². The predicted octanol–water partition coefficient (Wildman–Crippen LogP) is -0.609. The number of aromatic nitrogens is 1. The molecule has 5 atom stereocenters. The summed E-state index contributed by atoms with van der Waals surface area (Å²) >= 11 is 0.